The van der Waals surface area contributed by atoms with Crippen molar-refractivity contribution in [3.05, 3.63) is 71.8 Å². The van der Waals surface area contributed by atoms with E-state index in [0.717, 1.165) is 44.1 Å². The van der Waals surface area contributed by atoms with Gasteiger partial charge < -0.3 is 10.6 Å². The monoisotopic (exact) mass is 432 g/mol. The smallest absolute Gasteiger partial charge is 0.254 e. The standard InChI is InChI=1S/C28H36N2O2/c29-26(31)25(28(19-11-4-12-20-28)24-17-9-3-10-18-24)30(21-22-13-5-1-6-14-22)27(32)23-15-7-2-8-16-23/h1-2,5-8,13-16,24-25H,3-4,9-12,17-21H2,(H2,29,31). The normalized spacial score (nSPS) is 19.8. The van der Waals surface area contributed by atoms with Gasteiger partial charge in [0.25, 0.3) is 5.91 Å². The molecule has 2 N–H and O–H groups in total. The Hall–Kier alpha value is -2.62. The molecule has 2 aromatic rings. The number of nitrogens with zero attached hydrogens (tertiary/aromatic N) is 1. The lowest BCUT2D eigenvalue weighted by atomic mass is 9.57. The number of hydrogen-bond acceptors (Lipinski definition) is 2. The van der Waals surface area contributed by atoms with Gasteiger partial charge in [-0.1, -0.05) is 87.1 Å². The van der Waals surface area contributed by atoms with Crippen LogP contribution in [0.25, 0.3) is 0 Å². The highest BCUT2D eigenvalue weighted by Crippen LogP contribution is 2.52. The topological polar surface area (TPSA) is 63.4 Å². The number of carbonyl (C=O) groups is 2. The summed E-state index contributed by atoms with van der Waals surface area (Å²) in [6, 6.07) is 18.8. The van der Waals surface area contributed by atoms with Gasteiger partial charge in [-0.2, -0.15) is 0 Å². The van der Waals surface area contributed by atoms with Gasteiger partial charge >= 0.3 is 0 Å². The van der Waals surface area contributed by atoms with Crippen LogP contribution in [0.2, 0.25) is 0 Å². The van der Waals surface area contributed by atoms with Crippen LogP contribution in [0.5, 0.6) is 0 Å². The van der Waals surface area contributed by atoms with Gasteiger partial charge in [0.2, 0.25) is 5.91 Å². The fourth-order valence-electron chi connectivity index (χ4n) is 6.35. The van der Waals surface area contributed by atoms with Gasteiger partial charge in [0.15, 0.2) is 0 Å². The van der Waals surface area contributed by atoms with Crippen LogP contribution in [0.3, 0.4) is 0 Å². The minimum absolute atomic E-state index is 0.0981. The summed E-state index contributed by atoms with van der Waals surface area (Å²) < 4.78 is 0. The van der Waals surface area contributed by atoms with Crippen molar-refractivity contribution in [3.63, 3.8) is 0 Å². The second-order valence-electron chi connectivity index (χ2n) is 9.72. The van der Waals surface area contributed by atoms with Crippen molar-refractivity contribution in [2.24, 2.45) is 17.1 Å². The molecule has 0 saturated heterocycles. The third-order valence-corrected chi connectivity index (χ3v) is 7.81. The van der Waals surface area contributed by atoms with Gasteiger partial charge in [-0.15, -0.1) is 0 Å². The van der Waals surface area contributed by atoms with E-state index in [0.29, 0.717) is 18.0 Å². The summed E-state index contributed by atoms with van der Waals surface area (Å²) in [6.45, 7) is 0.399. The maximum Gasteiger partial charge on any atom is 0.254 e. The Morgan fingerprint density at radius 2 is 1.41 bits per heavy atom. The van der Waals surface area contributed by atoms with E-state index in [1.165, 1.54) is 25.7 Å². The molecule has 0 spiro atoms. The number of nitrogens with two attached hydrogens (primary N) is 1. The summed E-state index contributed by atoms with van der Waals surface area (Å²) >= 11 is 0. The zero-order valence-corrected chi connectivity index (χ0v) is 19.0. The fourth-order valence-corrected chi connectivity index (χ4v) is 6.35. The largest absolute Gasteiger partial charge is 0.368 e. The van der Waals surface area contributed by atoms with Crippen molar-refractivity contribution >= 4 is 11.8 Å². The molecule has 0 bridgehead atoms. The average Bonchev–Trinajstić information content (AvgIpc) is 2.85. The summed E-state index contributed by atoms with van der Waals surface area (Å²) in [5, 5.41) is 0. The molecular formula is C28H36N2O2. The third-order valence-electron chi connectivity index (χ3n) is 7.81. The Labute approximate surface area is 192 Å². The molecule has 4 nitrogen and oxygen atoms in total. The highest BCUT2D eigenvalue weighted by Gasteiger charge is 2.51. The number of benzene rings is 2. The minimum Gasteiger partial charge on any atom is -0.368 e. The van der Waals surface area contributed by atoms with Crippen LogP contribution >= 0.6 is 0 Å². The van der Waals surface area contributed by atoms with Gasteiger partial charge in [-0.05, 0) is 49.3 Å². The van der Waals surface area contributed by atoms with Crippen LogP contribution in [-0.4, -0.2) is 22.8 Å². The molecule has 2 fully saturated rings. The first-order chi connectivity index (χ1) is 15.6. The van der Waals surface area contributed by atoms with E-state index in [9.17, 15) is 9.59 Å². The summed E-state index contributed by atoms with van der Waals surface area (Å²) in [6.07, 6.45) is 11.4. The van der Waals surface area contributed by atoms with E-state index in [1.54, 1.807) is 0 Å². The molecule has 2 aliphatic rings. The van der Waals surface area contributed by atoms with Crippen LogP contribution in [0.1, 0.15) is 80.1 Å². The third kappa shape index (κ3) is 4.74. The number of amides is 2. The van der Waals surface area contributed by atoms with Crippen LogP contribution < -0.4 is 5.73 Å². The number of rotatable bonds is 7. The molecule has 4 rings (SSSR count). The van der Waals surface area contributed by atoms with Gasteiger partial charge in [0.05, 0.1) is 0 Å². The first-order valence-electron chi connectivity index (χ1n) is 12.3. The number of hydrogen-bond donors (Lipinski definition) is 1. The van der Waals surface area contributed by atoms with Gasteiger partial charge in [-0.3, -0.25) is 9.59 Å². The molecule has 2 aromatic carbocycles. The lowest BCUT2D eigenvalue weighted by Crippen LogP contribution is -2.60. The predicted molar refractivity (Wildman–Crippen MR) is 128 cm³/mol. The summed E-state index contributed by atoms with van der Waals surface area (Å²) in [7, 11) is 0. The predicted octanol–water partition coefficient (Wildman–Crippen LogP) is 5.71. The molecule has 2 saturated carbocycles. The quantitative estimate of drug-likeness (QED) is 0.609. The Bertz CT molecular complexity index is 884. The Morgan fingerprint density at radius 1 is 0.844 bits per heavy atom. The van der Waals surface area contributed by atoms with Gasteiger partial charge in [-0.25, -0.2) is 0 Å². The first-order valence-corrected chi connectivity index (χ1v) is 12.3. The first kappa shape index (κ1) is 22.6. The van der Waals surface area contributed by atoms with Crippen LogP contribution in [0.4, 0.5) is 0 Å². The van der Waals surface area contributed by atoms with Crippen molar-refractivity contribution in [2.45, 2.75) is 76.8 Å². The van der Waals surface area contributed by atoms with Crippen LogP contribution in [0, 0.1) is 11.3 Å². The molecule has 0 heterocycles. The van der Waals surface area contributed by atoms with Crippen LogP contribution in [0.15, 0.2) is 60.7 Å². The molecule has 0 radical (unpaired) electrons. The summed E-state index contributed by atoms with van der Waals surface area (Å²) in [5.41, 5.74) is 7.62. The molecule has 32 heavy (non-hydrogen) atoms. The molecular weight excluding hydrogens is 396 g/mol. The van der Waals surface area contributed by atoms with Crippen molar-refractivity contribution in [1.29, 1.82) is 0 Å². The van der Waals surface area contributed by atoms with Crippen molar-refractivity contribution in [1.82, 2.24) is 4.90 Å². The Morgan fingerprint density at radius 3 is 2.00 bits per heavy atom. The van der Waals surface area contributed by atoms with Gasteiger partial charge in [0, 0.05) is 17.5 Å². The minimum atomic E-state index is -0.584. The van der Waals surface area contributed by atoms with Gasteiger partial charge in [0.1, 0.15) is 6.04 Å². The SMILES string of the molecule is NC(=O)C(N(Cc1ccccc1)C(=O)c1ccccc1)C1(C2CCCCC2)CCCCC1. The fraction of sp³-hybridized carbons (Fsp3) is 0.500. The van der Waals surface area contributed by atoms with Crippen molar-refractivity contribution < 1.29 is 9.59 Å². The second-order valence-corrected chi connectivity index (χ2v) is 9.72. The second kappa shape index (κ2) is 10.3. The maximum absolute atomic E-state index is 13.9. The highest BCUT2D eigenvalue weighted by molar-refractivity contribution is 5.97. The molecule has 1 unspecified atom stereocenters. The Kier molecular flexibility index (Phi) is 7.29. The van der Waals surface area contributed by atoms with E-state index in [4.69, 9.17) is 5.73 Å². The summed E-state index contributed by atoms with van der Waals surface area (Å²) in [5.74, 6) is 0.00703. The summed E-state index contributed by atoms with van der Waals surface area (Å²) in [4.78, 5) is 28.9. The van der Waals surface area contributed by atoms with Crippen molar-refractivity contribution in [2.75, 3.05) is 0 Å². The lowest BCUT2D eigenvalue weighted by molar-refractivity contribution is -0.132. The van der Waals surface area contributed by atoms with E-state index < -0.39 is 6.04 Å². The molecule has 170 valence electrons. The van der Waals surface area contributed by atoms with Crippen molar-refractivity contribution in [3.8, 4) is 0 Å². The number of carbonyl (C=O) groups excluding carboxylic acids is 2. The Balaban J connectivity index is 1.78. The highest BCUT2D eigenvalue weighted by atomic mass is 16.2. The molecule has 0 aromatic heterocycles. The molecule has 4 heteroatoms. The zero-order chi connectivity index (χ0) is 22.4. The maximum atomic E-state index is 13.9. The molecule has 1 atom stereocenters. The molecule has 0 aliphatic heterocycles. The van der Waals surface area contributed by atoms with E-state index in [2.05, 4.69) is 0 Å². The molecule has 2 aliphatic carbocycles. The van der Waals surface area contributed by atoms with Crippen LogP contribution in [-0.2, 0) is 11.3 Å². The zero-order valence-electron chi connectivity index (χ0n) is 19.0. The van der Waals surface area contributed by atoms with E-state index >= 15 is 0 Å². The van der Waals surface area contributed by atoms with E-state index in [1.807, 2.05) is 65.6 Å². The number of primary amides is 1. The average molecular weight is 433 g/mol. The lowest BCUT2D eigenvalue weighted by Gasteiger charge is -2.52. The molecule has 2 amide bonds. The van der Waals surface area contributed by atoms with E-state index in [-0.39, 0.29) is 17.2 Å².